The van der Waals surface area contributed by atoms with Gasteiger partial charge in [-0.2, -0.15) is 0 Å². The van der Waals surface area contributed by atoms with Gasteiger partial charge in [0.25, 0.3) is 5.91 Å². The zero-order valence-corrected chi connectivity index (χ0v) is 18.9. The number of carbonyl (C=O) groups excluding carboxylic acids is 2. The summed E-state index contributed by atoms with van der Waals surface area (Å²) in [6.07, 6.45) is 4.08. The summed E-state index contributed by atoms with van der Waals surface area (Å²) in [5.41, 5.74) is 0.951. The van der Waals surface area contributed by atoms with Crippen LogP contribution in [0, 0.1) is 0 Å². The van der Waals surface area contributed by atoms with Crippen LogP contribution in [0.3, 0.4) is 0 Å². The first-order valence-corrected chi connectivity index (χ1v) is 11.5. The van der Waals surface area contributed by atoms with E-state index in [1.54, 1.807) is 18.3 Å². The molecule has 33 heavy (non-hydrogen) atoms. The average Bonchev–Trinajstić information content (AvgIpc) is 2.78. The summed E-state index contributed by atoms with van der Waals surface area (Å²) in [6, 6.07) is 7.87. The minimum Gasteiger partial charge on any atom is -0.354 e. The third kappa shape index (κ3) is 6.20. The Morgan fingerprint density at radius 2 is 1.82 bits per heavy atom. The van der Waals surface area contributed by atoms with Crippen LogP contribution in [-0.2, 0) is 21.2 Å². The highest BCUT2D eigenvalue weighted by molar-refractivity contribution is 7.90. The van der Waals surface area contributed by atoms with E-state index in [1.165, 1.54) is 38.4 Å². The first kappa shape index (κ1) is 23.5. The summed E-state index contributed by atoms with van der Waals surface area (Å²) in [7, 11) is -2.14. The zero-order valence-electron chi connectivity index (χ0n) is 18.1. The molecule has 0 fully saturated rings. The molecule has 4 N–H and O–H groups in total. The predicted molar refractivity (Wildman–Crippen MR) is 121 cm³/mol. The number of rotatable bonds is 8. The molecule has 0 aliphatic carbocycles. The average molecular weight is 471 g/mol. The van der Waals surface area contributed by atoms with Crippen molar-refractivity contribution in [2.24, 2.45) is 0 Å². The van der Waals surface area contributed by atoms with Crippen LogP contribution in [0.25, 0.3) is 0 Å². The van der Waals surface area contributed by atoms with Crippen LogP contribution in [0.4, 0.5) is 23.1 Å². The molecule has 3 aromatic rings. The third-order valence-electron chi connectivity index (χ3n) is 4.28. The molecule has 0 atom stereocenters. The second-order valence-electron chi connectivity index (χ2n) is 6.90. The summed E-state index contributed by atoms with van der Waals surface area (Å²) in [4.78, 5) is 31.6. The van der Waals surface area contributed by atoms with Crippen LogP contribution in [0.15, 0.2) is 47.6 Å². The number of hydrogen-bond acceptors (Lipinski definition) is 10. The van der Waals surface area contributed by atoms with Crippen LogP contribution in [-0.4, -0.2) is 53.7 Å². The van der Waals surface area contributed by atoms with Crippen molar-refractivity contribution in [2.75, 3.05) is 23.9 Å². The Morgan fingerprint density at radius 3 is 2.45 bits per heavy atom. The number of nitrogens with one attached hydrogen (secondary N) is 4. The molecule has 0 spiro atoms. The van der Waals surface area contributed by atoms with E-state index in [0.29, 0.717) is 12.4 Å². The van der Waals surface area contributed by atoms with Gasteiger partial charge < -0.3 is 21.3 Å². The molecule has 0 aliphatic heterocycles. The second-order valence-corrected chi connectivity index (χ2v) is 8.89. The molecule has 0 radical (unpaired) electrons. The first-order valence-electron chi connectivity index (χ1n) is 9.65. The quantitative estimate of drug-likeness (QED) is 0.375. The molecular weight excluding hydrogens is 448 g/mol. The fraction of sp³-hybridized carbons (Fsp3) is 0.200. The molecule has 0 saturated carbocycles. The Hall–Kier alpha value is -4.13. The second kappa shape index (κ2) is 9.99. The lowest BCUT2D eigenvalue weighted by molar-refractivity contribution is -0.119. The van der Waals surface area contributed by atoms with Crippen molar-refractivity contribution < 1.29 is 18.0 Å². The molecule has 0 bridgehead atoms. The maximum atomic E-state index is 12.3. The van der Waals surface area contributed by atoms with Crippen molar-refractivity contribution in [3.8, 4) is 0 Å². The van der Waals surface area contributed by atoms with Crippen molar-refractivity contribution in [2.45, 2.75) is 18.4 Å². The van der Waals surface area contributed by atoms with Crippen molar-refractivity contribution in [3.05, 3.63) is 54.0 Å². The normalized spacial score (nSPS) is 10.9. The topological polar surface area (TPSA) is 168 Å². The van der Waals surface area contributed by atoms with Crippen molar-refractivity contribution in [1.29, 1.82) is 0 Å². The Bertz CT molecular complexity index is 1280. The minimum absolute atomic E-state index is 0.0318. The van der Waals surface area contributed by atoms with Gasteiger partial charge in [-0.25, -0.2) is 18.4 Å². The van der Waals surface area contributed by atoms with Crippen LogP contribution < -0.4 is 21.3 Å². The molecule has 13 heteroatoms. The Labute approximate surface area is 190 Å². The molecule has 0 aromatic carbocycles. The number of sulfone groups is 1. The molecule has 3 aromatic heterocycles. The first-order chi connectivity index (χ1) is 15.7. The molecule has 172 valence electrons. The molecule has 0 aliphatic rings. The lowest BCUT2D eigenvalue weighted by atomic mass is 10.2. The molecule has 3 heterocycles. The SMILES string of the molecule is CNC(=O)c1nnc(Nc2ccc(CNC(C)=O)cn2)cc1Nc1ncccc1S(C)(=O)=O. The van der Waals surface area contributed by atoms with Crippen LogP contribution in [0.1, 0.15) is 23.0 Å². The number of pyridine rings is 2. The van der Waals surface area contributed by atoms with E-state index in [1.807, 2.05) is 0 Å². The van der Waals surface area contributed by atoms with Gasteiger partial charge in [0.15, 0.2) is 21.3 Å². The van der Waals surface area contributed by atoms with Crippen LogP contribution in [0.5, 0.6) is 0 Å². The van der Waals surface area contributed by atoms with Crippen molar-refractivity contribution in [1.82, 2.24) is 30.8 Å². The third-order valence-corrected chi connectivity index (χ3v) is 5.41. The van der Waals surface area contributed by atoms with E-state index >= 15 is 0 Å². The molecule has 0 unspecified atom stereocenters. The number of carbonyl (C=O) groups is 2. The van der Waals surface area contributed by atoms with Crippen molar-refractivity contribution >= 4 is 44.8 Å². The van der Waals surface area contributed by atoms with Gasteiger partial charge in [-0.1, -0.05) is 6.07 Å². The summed E-state index contributed by atoms with van der Waals surface area (Å²) in [6.45, 7) is 1.78. The summed E-state index contributed by atoms with van der Waals surface area (Å²) in [5.74, 6) is 0.0855. The fourth-order valence-corrected chi connectivity index (χ4v) is 3.49. The van der Waals surface area contributed by atoms with E-state index in [-0.39, 0.29) is 33.8 Å². The van der Waals surface area contributed by atoms with Crippen LogP contribution in [0.2, 0.25) is 0 Å². The standard InChI is InChI=1S/C20H22N8O4S/c1-12(29)23-10-13-6-7-16(24-11-13)26-17-9-14(18(28-27-17)20(30)21-2)25-19-15(33(3,31)32)5-4-8-22-19/h4-9,11H,10H2,1-3H3,(H,21,30)(H,23,29)(H2,22,24,25,26,27). The minimum atomic E-state index is -3.58. The summed E-state index contributed by atoms with van der Waals surface area (Å²) in [5, 5.41) is 18.9. The van der Waals surface area contributed by atoms with Gasteiger partial charge in [-0.15, -0.1) is 10.2 Å². The highest BCUT2D eigenvalue weighted by atomic mass is 32.2. The van der Waals surface area contributed by atoms with Gasteiger partial charge in [0.1, 0.15) is 16.5 Å². The molecule has 3 rings (SSSR count). The van der Waals surface area contributed by atoms with Gasteiger partial charge in [-0.05, 0) is 23.8 Å². The summed E-state index contributed by atoms with van der Waals surface area (Å²) < 4.78 is 24.2. The number of hydrogen-bond donors (Lipinski definition) is 4. The van der Waals surface area contributed by atoms with Gasteiger partial charge in [0.2, 0.25) is 5.91 Å². The van der Waals surface area contributed by atoms with E-state index in [4.69, 9.17) is 0 Å². The fourth-order valence-electron chi connectivity index (χ4n) is 2.71. The lowest BCUT2D eigenvalue weighted by Gasteiger charge is -2.13. The Kier molecular flexibility index (Phi) is 7.13. The highest BCUT2D eigenvalue weighted by Gasteiger charge is 2.19. The lowest BCUT2D eigenvalue weighted by Crippen LogP contribution is -2.22. The predicted octanol–water partition coefficient (Wildman–Crippen LogP) is 1.15. The smallest absolute Gasteiger partial charge is 0.273 e. The molecule has 2 amide bonds. The number of nitrogens with zero attached hydrogens (tertiary/aromatic N) is 4. The molecular formula is C20H22N8O4S. The maximum Gasteiger partial charge on any atom is 0.273 e. The molecule has 0 saturated heterocycles. The Balaban J connectivity index is 1.90. The highest BCUT2D eigenvalue weighted by Crippen LogP contribution is 2.26. The summed E-state index contributed by atoms with van der Waals surface area (Å²) >= 11 is 0. The van der Waals surface area contributed by atoms with E-state index < -0.39 is 15.7 Å². The number of aromatic nitrogens is 4. The van der Waals surface area contributed by atoms with E-state index in [2.05, 4.69) is 41.4 Å². The maximum absolute atomic E-state index is 12.3. The Morgan fingerprint density at radius 1 is 1.03 bits per heavy atom. The van der Waals surface area contributed by atoms with E-state index in [0.717, 1.165) is 11.8 Å². The monoisotopic (exact) mass is 470 g/mol. The van der Waals surface area contributed by atoms with Crippen LogP contribution >= 0.6 is 0 Å². The van der Waals surface area contributed by atoms with Crippen molar-refractivity contribution in [3.63, 3.8) is 0 Å². The molecule has 12 nitrogen and oxygen atoms in total. The van der Waals surface area contributed by atoms with Gasteiger partial charge in [0.05, 0.1) is 5.69 Å². The zero-order chi connectivity index (χ0) is 24.0. The number of anilines is 4. The van der Waals surface area contributed by atoms with Gasteiger partial charge in [0, 0.05) is 45.2 Å². The van der Waals surface area contributed by atoms with Gasteiger partial charge >= 0.3 is 0 Å². The van der Waals surface area contributed by atoms with E-state index in [9.17, 15) is 18.0 Å². The van der Waals surface area contributed by atoms with Gasteiger partial charge in [-0.3, -0.25) is 9.59 Å². The largest absolute Gasteiger partial charge is 0.354 e. The number of amides is 2.